The van der Waals surface area contributed by atoms with Gasteiger partial charge in [-0.25, -0.2) is 5.01 Å². The number of rotatable bonds is 3. The molecule has 1 unspecified atom stereocenters. The Labute approximate surface area is 120 Å². The van der Waals surface area contributed by atoms with Crippen LogP contribution < -0.4 is 10.4 Å². The second kappa shape index (κ2) is 5.38. The first-order valence-electron chi connectivity index (χ1n) is 6.17. The quantitative estimate of drug-likeness (QED) is 0.879. The molecule has 1 atom stereocenters. The maximum absolute atomic E-state index is 12.3. The number of nitrogens with one attached hydrogen (secondary N) is 1. The molecule has 2 aromatic carbocycles. The van der Waals surface area contributed by atoms with Crippen LogP contribution in [-0.2, 0) is 9.59 Å². The summed E-state index contributed by atoms with van der Waals surface area (Å²) in [5.41, 5.74) is 3.28. The predicted octanol–water partition coefficient (Wildman–Crippen LogP) is 2.23. The van der Waals surface area contributed by atoms with Gasteiger partial charge >= 0.3 is 0 Å². The van der Waals surface area contributed by atoms with Gasteiger partial charge in [-0.15, -0.1) is 11.8 Å². The molecular weight excluding hydrogens is 272 g/mol. The Morgan fingerprint density at radius 2 is 1.50 bits per heavy atom. The minimum atomic E-state index is -0.738. The highest BCUT2D eigenvalue weighted by atomic mass is 32.2. The normalized spacial score (nSPS) is 18.2. The molecule has 4 nitrogen and oxygen atoms in total. The van der Waals surface area contributed by atoms with E-state index in [0.29, 0.717) is 5.69 Å². The molecule has 5 heteroatoms. The van der Waals surface area contributed by atoms with Gasteiger partial charge < -0.3 is 0 Å². The monoisotopic (exact) mass is 284 g/mol. The summed E-state index contributed by atoms with van der Waals surface area (Å²) < 4.78 is 0. The summed E-state index contributed by atoms with van der Waals surface area (Å²) in [7, 11) is 0. The Morgan fingerprint density at radius 1 is 0.900 bits per heavy atom. The van der Waals surface area contributed by atoms with Gasteiger partial charge in [0.05, 0.1) is 5.69 Å². The van der Waals surface area contributed by atoms with Crippen molar-refractivity contribution in [3.05, 3.63) is 60.7 Å². The van der Waals surface area contributed by atoms with Crippen LogP contribution in [0, 0.1) is 0 Å². The van der Waals surface area contributed by atoms with Gasteiger partial charge in [0.25, 0.3) is 11.8 Å². The van der Waals surface area contributed by atoms with Crippen molar-refractivity contribution in [3.8, 4) is 0 Å². The topological polar surface area (TPSA) is 49.4 Å². The number of carbonyl (C=O) groups excluding carboxylic acids is 2. The average molecular weight is 284 g/mol. The van der Waals surface area contributed by atoms with E-state index in [1.165, 1.54) is 16.8 Å². The number of carbonyl (C=O) groups is 2. The fourth-order valence-electron chi connectivity index (χ4n) is 1.96. The molecule has 0 aliphatic carbocycles. The summed E-state index contributed by atoms with van der Waals surface area (Å²) in [6, 6.07) is 18.5. The SMILES string of the molecule is O=C1NN(c2ccccc2)C(=O)C1Sc1ccccc1. The number of anilines is 1. The van der Waals surface area contributed by atoms with Crippen molar-refractivity contribution >= 4 is 29.3 Å². The van der Waals surface area contributed by atoms with E-state index < -0.39 is 5.25 Å². The zero-order chi connectivity index (χ0) is 13.9. The maximum Gasteiger partial charge on any atom is 0.268 e. The molecule has 3 rings (SSSR count). The molecule has 2 amide bonds. The van der Waals surface area contributed by atoms with E-state index in [0.717, 1.165) is 4.90 Å². The lowest BCUT2D eigenvalue weighted by Gasteiger charge is -2.14. The van der Waals surface area contributed by atoms with Gasteiger partial charge in [0.2, 0.25) is 0 Å². The van der Waals surface area contributed by atoms with Crippen LogP contribution in [-0.4, -0.2) is 17.1 Å². The molecule has 0 radical (unpaired) electrons. The van der Waals surface area contributed by atoms with E-state index >= 15 is 0 Å². The summed E-state index contributed by atoms with van der Waals surface area (Å²) in [6.07, 6.45) is 0. The number of thioether (sulfide) groups is 1. The molecule has 1 heterocycles. The van der Waals surface area contributed by atoms with Gasteiger partial charge in [-0.05, 0) is 24.3 Å². The van der Waals surface area contributed by atoms with E-state index in [9.17, 15) is 9.59 Å². The van der Waals surface area contributed by atoms with Gasteiger partial charge in [0, 0.05) is 4.90 Å². The van der Waals surface area contributed by atoms with Gasteiger partial charge in [-0.2, -0.15) is 0 Å². The van der Waals surface area contributed by atoms with Crippen LogP contribution in [0.2, 0.25) is 0 Å². The summed E-state index contributed by atoms with van der Waals surface area (Å²) in [5.74, 6) is -0.525. The molecule has 0 spiro atoms. The van der Waals surface area contributed by atoms with Crippen molar-refractivity contribution in [1.82, 2.24) is 5.43 Å². The number of benzene rings is 2. The van der Waals surface area contributed by atoms with E-state index in [-0.39, 0.29) is 11.8 Å². The molecule has 2 aromatic rings. The molecule has 1 aliphatic heterocycles. The van der Waals surface area contributed by atoms with Crippen molar-refractivity contribution in [2.24, 2.45) is 0 Å². The summed E-state index contributed by atoms with van der Waals surface area (Å²) in [6.45, 7) is 0. The molecular formula is C15H12N2O2S. The first-order valence-corrected chi connectivity index (χ1v) is 7.05. The summed E-state index contributed by atoms with van der Waals surface area (Å²) in [4.78, 5) is 25.2. The Balaban J connectivity index is 1.81. The molecule has 1 N–H and O–H groups in total. The third kappa shape index (κ3) is 2.40. The lowest BCUT2D eigenvalue weighted by atomic mass is 10.3. The van der Waals surface area contributed by atoms with Crippen LogP contribution in [0.4, 0.5) is 5.69 Å². The first-order chi connectivity index (χ1) is 9.75. The Kier molecular flexibility index (Phi) is 3.43. The zero-order valence-electron chi connectivity index (χ0n) is 10.5. The number of hydrogen-bond acceptors (Lipinski definition) is 3. The highest BCUT2D eigenvalue weighted by molar-refractivity contribution is 8.01. The van der Waals surface area contributed by atoms with E-state index in [1.54, 1.807) is 12.1 Å². The van der Waals surface area contributed by atoms with Gasteiger partial charge in [-0.1, -0.05) is 36.4 Å². The molecule has 100 valence electrons. The van der Waals surface area contributed by atoms with Gasteiger partial charge in [0.1, 0.15) is 0 Å². The lowest BCUT2D eigenvalue weighted by molar-refractivity contribution is -0.121. The summed E-state index contributed by atoms with van der Waals surface area (Å²) in [5, 5.41) is 0.570. The third-order valence-corrected chi connectivity index (χ3v) is 4.11. The lowest BCUT2D eigenvalue weighted by Crippen LogP contribution is -2.35. The molecule has 0 bridgehead atoms. The standard InChI is InChI=1S/C15H12N2O2S/c18-14-13(20-12-9-5-2-6-10-12)15(19)17(16-14)11-7-3-1-4-8-11/h1-10,13H,(H,16,18). The Morgan fingerprint density at radius 3 is 2.15 bits per heavy atom. The molecule has 20 heavy (non-hydrogen) atoms. The number of nitrogens with zero attached hydrogens (tertiary/aromatic N) is 1. The second-order valence-electron chi connectivity index (χ2n) is 4.30. The van der Waals surface area contributed by atoms with Crippen LogP contribution in [0.25, 0.3) is 0 Å². The van der Waals surface area contributed by atoms with Crippen molar-refractivity contribution in [1.29, 1.82) is 0 Å². The minimum absolute atomic E-state index is 0.241. The molecule has 1 saturated heterocycles. The van der Waals surface area contributed by atoms with Crippen molar-refractivity contribution < 1.29 is 9.59 Å². The van der Waals surface area contributed by atoms with Crippen LogP contribution in [0.1, 0.15) is 0 Å². The van der Waals surface area contributed by atoms with Crippen molar-refractivity contribution in [2.75, 3.05) is 5.01 Å². The van der Waals surface area contributed by atoms with Crippen LogP contribution >= 0.6 is 11.8 Å². The van der Waals surface area contributed by atoms with Crippen molar-refractivity contribution in [2.45, 2.75) is 10.1 Å². The minimum Gasteiger partial charge on any atom is -0.271 e. The molecule has 1 fully saturated rings. The highest BCUT2D eigenvalue weighted by Crippen LogP contribution is 2.29. The first kappa shape index (κ1) is 12.7. The predicted molar refractivity (Wildman–Crippen MR) is 78.2 cm³/mol. The van der Waals surface area contributed by atoms with Crippen LogP contribution in [0.3, 0.4) is 0 Å². The number of hydrazine groups is 1. The smallest absolute Gasteiger partial charge is 0.268 e. The summed E-state index contributed by atoms with van der Waals surface area (Å²) >= 11 is 1.26. The second-order valence-corrected chi connectivity index (χ2v) is 5.47. The highest BCUT2D eigenvalue weighted by Gasteiger charge is 2.40. The fraction of sp³-hybridized carbons (Fsp3) is 0.0667. The third-order valence-electron chi connectivity index (χ3n) is 2.92. The number of para-hydroxylation sites is 1. The van der Waals surface area contributed by atoms with Crippen LogP contribution in [0.5, 0.6) is 0 Å². The zero-order valence-corrected chi connectivity index (χ0v) is 11.3. The molecule has 0 aromatic heterocycles. The van der Waals surface area contributed by atoms with E-state index in [2.05, 4.69) is 5.43 Å². The Hall–Kier alpha value is -2.27. The molecule has 0 saturated carbocycles. The van der Waals surface area contributed by atoms with Crippen molar-refractivity contribution in [3.63, 3.8) is 0 Å². The largest absolute Gasteiger partial charge is 0.271 e. The average Bonchev–Trinajstić information content (AvgIpc) is 2.77. The van der Waals surface area contributed by atoms with E-state index in [1.807, 2.05) is 48.5 Å². The number of hydrogen-bond donors (Lipinski definition) is 1. The fourth-order valence-corrected chi connectivity index (χ4v) is 2.91. The number of amides is 2. The Bertz CT molecular complexity index is 631. The van der Waals surface area contributed by atoms with Gasteiger partial charge in [0.15, 0.2) is 5.25 Å². The molecule has 1 aliphatic rings. The van der Waals surface area contributed by atoms with E-state index in [4.69, 9.17) is 0 Å². The maximum atomic E-state index is 12.3. The van der Waals surface area contributed by atoms with Gasteiger partial charge in [-0.3, -0.25) is 15.0 Å². The van der Waals surface area contributed by atoms with Crippen LogP contribution in [0.15, 0.2) is 65.6 Å².